The Kier molecular flexibility index (Phi) is 4.57. The van der Waals surface area contributed by atoms with E-state index in [2.05, 4.69) is 10.3 Å². The molecule has 0 aliphatic rings. The number of aromatic nitrogens is 1. The van der Waals surface area contributed by atoms with Crippen LogP contribution in [0.15, 0.2) is 18.3 Å². The Morgan fingerprint density at radius 1 is 1.59 bits per heavy atom. The van der Waals surface area contributed by atoms with Crippen molar-refractivity contribution in [1.29, 1.82) is 0 Å². The van der Waals surface area contributed by atoms with E-state index in [1.54, 1.807) is 6.07 Å². The second kappa shape index (κ2) is 5.72. The number of nitrogens with two attached hydrogens (primary N) is 1. The van der Waals surface area contributed by atoms with Crippen LogP contribution in [0.2, 0.25) is 0 Å². The van der Waals surface area contributed by atoms with Gasteiger partial charge in [-0.3, -0.25) is 9.78 Å². The summed E-state index contributed by atoms with van der Waals surface area (Å²) in [6.07, 6.45) is 2.20. The predicted octanol–water partition coefficient (Wildman–Crippen LogP) is 1.31. The molecule has 0 radical (unpaired) electrons. The lowest BCUT2D eigenvalue weighted by molar-refractivity contribution is -0.119. The number of hydrogen-bond acceptors (Lipinski definition) is 3. The summed E-state index contributed by atoms with van der Waals surface area (Å²) < 4.78 is 12.8. The fourth-order valence-electron chi connectivity index (χ4n) is 1.70. The molecule has 4 nitrogen and oxygen atoms in total. The Bertz CT molecular complexity index is 380. The van der Waals surface area contributed by atoms with Crippen molar-refractivity contribution in [1.82, 2.24) is 10.3 Å². The molecule has 1 heterocycles. The van der Waals surface area contributed by atoms with Crippen LogP contribution in [-0.4, -0.2) is 17.4 Å². The van der Waals surface area contributed by atoms with E-state index in [1.165, 1.54) is 6.07 Å². The highest BCUT2D eigenvalue weighted by Gasteiger charge is 2.29. The van der Waals surface area contributed by atoms with E-state index in [-0.39, 0.29) is 6.42 Å². The van der Waals surface area contributed by atoms with Gasteiger partial charge in [0.15, 0.2) is 0 Å². The van der Waals surface area contributed by atoms with Gasteiger partial charge in [0.05, 0.1) is 17.4 Å². The third kappa shape index (κ3) is 3.78. The zero-order valence-corrected chi connectivity index (χ0v) is 10.2. The average molecular weight is 239 g/mol. The van der Waals surface area contributed by atoms with Crippen LogP contribution in [0.25, 0.3) is 0 Å². The number of amides is 1. The molecule has 1 aromatic heterocycles. The largest absolute Gasteiger partial charge is 0.370 e. The maximum atomic E-state index is 12.8. The first-order valence-electron chi connectivity index (χ1n) is 5.63. The maximum Gasteiger partial charge on any atom is 0.219 e. The van der Waals surface area contributed by atoms with Crippen LogP contribution in [0.1, 0.15) is 32.4 Å². The SMILES string of the molecule is CCCNC(C)(CC(N)=O)c1ccc(F)cn1. The van der Waals surface area contributed by atoms with Gasteiger partial charge >= 0.3 is 0 Å². The lowest BCUT2D eigenvalue weighted by atomic mass is 9.92. The molecule has 0 saturated heterocycles. The highest BCUT2D eigenvalue weighted by molar-refractivity contribution is 5.75. The molecule has 1 aromatic rings. The molecule has 0 fully saturated rings. The molecule has 1 atom stereocenters. The zero-order valence-electron chi connectivity index (χ0n) is 10.2. The number of nitrogens with one attached hydrogen (secondary N) is 1. The second-order valence-electron chi connectivity index (χ2n) is 4.26. The van der Waals surface area contributed by atoms with Gasteiger partial charge in [-0.15, -0.1) is 0 Å². The topological polar surface area (TPSA) is 68.0 Å². The van der Waals surface area contributed by atoms with Crippen molar-refractivity contribution in [2.75, 3.05) is 6.54 Å². The van der Waals surface area contributed by atoms with Crippen molar-refractivity contribution < 1.29 is 9.18 Å². The van der Waals surface area contributed by atoms with Gasteiger partial charge in [0.25, 0.3) is 0 Å². The first-order chi connectivity index (χ1) is 7.98. The molecule has 0 aliphatic carbocycles. The standard InChI is InChI=1S/C12H18FN3O/c1-3-6-16-12(2,7-11(14)17)10-5-4-9(13)8-15-10/h4-5,8,16H,3,6-7H2,1-2H3,(H2,14,17). The Balaban J connectivity index is 2.95. The van der Waals surface area contributed by atoms with E-state index in [9.17, 15) is 9.18 Å². The lowest BCUT2D eigenvalue weighted by Gasteiger charge is -2.29. The molecule has 5 heteroatoms. The molecular weight excluding hydrogens is 221 g/mol. The van der Waals surface area contributed by atoms with E-state index in [0.29, 0.717) is 5.69 Å². The van der Waals surface area contributed by atoms with Gasteiger partial charge in [-0.2, -0.15) is 0 Å². The molecule has 0 aliphatic heterocycles. The van der Waals surface area contributed by atoms with Gasteiger partial charge in [-0.25, -0.2) is 4.39 Å². The highest BCUT2D eigenvalue weighted by atomic mass is 19.1. The molecule has 0 saturated carbocycles. The summed E-state index contributed by atoms with van der Waals surface area (Å²) in [6.45, 7) is 4.60. The number of primary amides is 1. The monoisotopic (exact) mass is 239 g/mol. The molecular formula is C12H18FN3O. The Morgan fingerprint density at radius 3 is 2.76 bits per heavy atom. The van der Waals surface area contributed by atoms with E-state index in [4.69, 9.17) is 5.73 Å². The van der Waals surface area contributed by atoms with Gasteiger partial charge in [-0.05, 0) is 32.0 Å². The molecule has 0 bridgehead atoms. The van der Waals surface area contributed by atoms with Crippen LogP contribution in [0.5, 0.6) is 0 Å². The molecule has 1 unspecified atom stereocenters. The normalized spacial score (nSPS) is 14.3. The molecule has 94 valence electrons. The summed E-state index contributed by atoms with van der Waals surface area (Å²) in [5.74, 6) is -0.812. The van der Waals surface area contributed by atoms with Crippen molar-refractivity contribution in [3.63, 3.8) is 0 Å². The van der Waals surface area contributed by atoms with E-state index >= 15 is 0 Å². The summed E-state index contributed by atoms with van der Waals surface area (Å²) in [5.41, 5.74) is 5.21. The summed E-state index contributed by atoms with van der Waals surface area (Å²) in [5, 5.41) is 3.23. The Hall–Kier alpha value is -1.49. The van der Waals surface area contributed by atoms with Crippen molar-refractivity contribution in [2.45, 2.75) is 32.2 Å². The zero-order chi connectivity index (χ0) is 12.9. The predicted molar refractivity (Wildman–Crippen MR) is 63.7 cm³/mol. The third-order valence-electron chi connectivity index (χ3n) is 2.59. The number of pyridine rings is 1. The summed E-state index contributed by atoms with van der Waals surface area (Å²) in [4.78, 5) is 15.1. The van der Waals surface area contributed by atoms with Crippen LogP contribution in [0.4, 0.5) is 4.39 Å². The minimum Gasteiger partial charge on any atom is -0.370 e. The van der Waals surface area contributed by atoms with Crippen LogP contribution >= 0.6 is 0 Å². The Labute approximate surface area is 100 Å². The van der Waals surface area contributed by atoms with Gasteiger partial charge in [0, 0.05) is 6.42 Å². The minimum absolute atomic E-state index is 0.131. The quantitative estimate of drug-likeness (QED) is 0.786. The van der Waals surface area contributed by atoms with Crippen LogP contribution in [0.3, 0.4) is 0 Å². The van der Waals surface area contributed by atoms with E-state index in [1.807, 2.05) is 13.8 Å². The third-order valence-corrected chi connectivity index (χ3v) is 2.59. The number of nitrogens with zero attached hydrogens (tertiary/aromatic N) is 1. The summed E-state index contributed by atoms with van der Waals surface area (Å²) in [7, 11) is 0. The first kappa shape index (κ1) is 13.6. The van der Waals surface area contributed by atoms with Crippen LogP contribution in [-0.2, 0) is 10.3 Å². The van der Waals surface area contributed by atoms with Crippen molar-refractivity contribution >= 4 is 5.91 Å². The van der Waals surface area contributed by atoms with E-state index in [0.717, 1.165) is 19.2 Å². The number of carbonyl (C=O) groups excluding carboxylic acids is 1. The highest BCUT2D eigenvalue weighted by Crippen LogP contribution is 2.22. The van der Waals surface area contributed by atoms with Crippen LogP contribution in [0, 0.1) is 5.82 Å². The second-order valence-corrected chi connectivity index (χ2v) is 4.26. The van der Waals surface area contributed by atoms with Crippen molar-refractivity contribution in [2.24, 2.45) is 5.73 Å². The summed E-state index contributed by atoms with van der Waals surface area (Å²) in [6, 6.07) is 2.90. The van der Waals surface area contributed by atoms with E-state index < -0.39 is 17.3 Å². The number of rotatable bonds is 6. The number of carbonyl (C=O) groups is 1. The molecule has 0 aromatic carbocycles. The summed E-state index contributed by atoms with van der Waals surface area (Å²) >= 11 is 0. The Morgan fingerprint density at radius 2 is 2.29 bits per heavy atom. The fraction of sp³-hybridized carbons (Fsp3) is 0.500. The van der Waals surface area contributed by atoms with Gasteiger partial charge in [0.2, 0.25) is 5.91 Å². The molecule has 1 amide bonds. The number of hydrogen-bond donors (Lipinski definition) is 2. The fourth-order valence-corrected chi connectivity index (χ4v) is 1.70. The smallest absolute Gasteiger partial charge is 0.219 e. The molecule has 17 heavy (non-hydrogen) atoms. The van der Waals surface area contributed by atoms with Gasteiger partial charge in [0.1, 0.15) is 5.82 Å². The maximum absolute atomic E-state index is 12.8. The lowest BCUT2D eigenvalue weighted by Crippen LogP contribution is -2.43. The number of halogens is 1. The molecule has 3 N–H and O–H groups in total. The minimum atomic E-state index is -0.643. The molecule has 0 spiro atoms. The van der Waals surface area contributed by atoms with Crippen molar-refractivity contribution in [3.05, 3.63) is 29.8 Å². The van der Waals surface area contributed by atoms with Gasteiger partial charge in [-0.1, -0.05) is 6.92 Å². The van der Waals surface area contributed by atoms with Crippen LogP contribution < -0.4 is 11.1 Å². The van der Waals surface area contributed by atoms with Crippen molar-refractivity contribution in [3.8, 4) is 0 Å². The first-order valence-corrected chi connectivity index (χ1v) is 5.63. The molecule has 1 rings (SSSR count). The average Bonchev–Trinajstić information content (AvgIpc) is 2.26. The van der Waals surface area contributed by atoms with Gasteiger partial charge < -0.3 is 11.1 Å².